The molecule has 134 valence electrons. The number of carbonyl (C=O) groups is 1. The van der Waals surface area contributed by atoms with Crippen molar-refractivity contribution in [1.82, 2.24) is 0 Å². The Morgan fingerprint density at radius 3 is 2.54 bits per heavy atom. The lowest BCUT2D eigenvalue weighted by Crippen LogP contribution is -2.25. The zero-order chi connectivity index (χ0) is 18.9. The molecule has 0 fully saturated rings. The van der Waals surface area contributed by atoms with Crippen molar-refractivity contribution in [2.75, 3.05) is 31.4 Å². The van der Waals surface area contributed by atoms with Crippen LogP contribution in [-0.4, -0.2) is 32.6 Å². The molecular weight excluding hydrogens is 332 g/mol. The molecular formula is C19H20N4O3. The van der Waals surface area contributed by atoms with E-state index in [2.05, 4.69) is 21.5 Å². The Morgan fingerprint density at radius 1 is 1.12 bits per heavy atom. The number of methoxy groups -OCH3 is 2. The van der Waals surface area contributed by atoms with Gasteiger partial charge in [0.05, 0.1) is 14.2 Å². The smallest absolute Gasteiger partial charge is 0.246 e. The van der Waals surface area contributed by atoms with Crippen molar-refractivity contribution >= 4 is 23.2 Å². The summed E-state index contributed by atoms with van der Waals surface area (Å²) in [4.78, 5) is 16.0. The highest BCUT2D eigenvalue weighted by atomic mass is 16.5. The minimum Gasteiger partial charge on any atom is -0.493 e. The van der Waals surface area contributed by atoms with E-state index in [1.807, 2.05) is 0 Å². The normalized spacial score (nSPS) is 10.6. The molecule has 4 N–H and O–H groups in total. The molecule has 0 bridgehead atoms. The number of guanidine groups is 1. The van der Waals surface area contributed by atoms with Gasteiger partial charge in [-0.1, -0.05) is 12.0 Å². The fourth-order valence-electron chi connectivity index (χ4n) is 2.15. The van der Waals surface area contributed by atoms with Gasteiger partial charge >= 0.3 is 0 Å². The summed E-state index contributed by atoms with van der Waals surface area (Å²) in [6.07, 6.45) is 5.33. The van der Waals surface area contributed by atoms with E-state index >= 15 is 0 Å². The first-order valence-electron chi connectivity index (χ1n) is 7.71. The molecule has 0 aliphatic carbocycles. The predicted molar refractivity (Wildman–Crippen MR) is 103 cm³/mol. The lowest BCUT2D eigenvalue weighted by atomic mass is 10.2. The molecule has 0 saturated heterocycles. The summed E-state index contributed by atoms with van der Waals surface area (Å²) in [5, 5.41) is 5.60. The standard InChI is InChI=1S/C19H20N4O3/c1-4-13-6-5-7-14(10-13)22-18(24)12-21-19(20)23-15-8-9-16(25-2)17(11-15)26-3/h1,5-11H,12H2,2-3H3,(H,22,24)(H3,20,21,23). The van der Waals surface area contributed by atoms with Crippen molar-refractivity contribution in [3.05, 3.63) is 48.0 Å². The number of carbonyl (C=O) groups excluding carboxylic acids is 1. The number of rotatable bonds is 6. The predicted octanol–water partition coefficient (Wildman–Crippen LogP) is 2.05. The Kier molecular flexibility index (Phi) is 6.46. The van der Waals surface area contributed by atoms with E-state index in [1.165, 1.54) is 0 Å². The fraction of sp³-hybridized carbons (Fsp3) is 0.158. The molecule has 2 aromatic rings. The zero-order valence-corrected chi connectivity index (χ0v) is 14.6. The van der Waals surface area contributed by atoms with Gasteiger partial charge in [-0.2, -0.15) is 0 Å². The first-order valence-corrected chi connectivity index (χ1v) is 7.71. The number of nitrogens with one attached hydrogen (secondary N) is 2. The third kappa shape index (κ3) is 5.18. The Bertz CT molecular complexity index is 856. The number of hydrogen-bond acceptors (Lipinski definition) is 4. The second-order valence-corrected chi connectivity index (χ2v) is 5.17. The Balaban J connectivity index is 1.95. The summed E-state index contributed by atoms with van der Waals surface area (Å²) >= 11 is 0. The third-order valence-electron chi connectivity index (χ3n) is 3.36. The van der Waals surface area contributed by atoms with E-state index in [0.717, 1.165) is 0 Å². The van der Waals surface area contributed by atoms with Crippen LogP contribution in [0.4, 0.5) is 11.4 Å². The number of nitrogens with zero attached hydrogens (tertiary/aromatic N) is 1. The number of benzene rings is 2. The molecule has 0 radical (unpaired) electrons. The van der Waals surface area contributed by atoms with Crippen molar-refractivity contribution in [3.8, 4) is 23.8 Å². The van der Waals surface area contributed by atoms with Crippen molar-refractivity contribution < 1.29 is 14.3 Å². The molecule has 2 aromatic carbocycles. The lowest BCUT2D eigenvalue weighted by molar-refractivity contribution is -0.114. The number of terminal acetylenes is 1. The lowest BCUT2D eigenvalue weighted by Gasteiger charge is -2.11. The molecule has 1 amide bonds. The van der Waals surface area contributed by atoms with Gasteiger partial charge in [-0.15, -0.1) is 6.42 Å². The van der Waals surface area contributed by atoms with E-state index in [9.17, 15) is 4.79 Å². The first kappa shape index (κ1) is 18.7. The largest absolute Gasteiger partial charge is 0.493 e. The van der Waals surface area contributed by atoms with Crippen LogP contribution in [0.1, 0.15) is 5.56 Å². The molecule has 0 unspecified atom stereocenters. The first-order chi connectivity index (χ1) is 12.5. The van der Waals surface area contributed by atoms with Gasteiger partial charge in [0.1, 0.15) is 6.54 Å². The van der Waals surface area contributed by atoms with Crippen LogP contribution in [0.3, 0.4) is 0 Å². The van der Waals surface area contributed by atoms with E-state index in [4.69, 9.17) is 21.6 Å². The van der Waals surface area contributed by atoms with Crippen molar-refractivity contribution in [2.45, 2.75) is 0 Å². The number of hydrogen-bond donors (Lipinski definition) is 3. The highest BCUT2D eigenvalue weighted by molar-refractivity contribution is 5.97. The second-order valence-electron chi connectivity index (χ2n) is 5.17. The Hall–Kier alpha value is -3.66. The maximum absolute atomic E-state index is 12.0. The molecule has 7 heteroatoms. The summed E-state index contributed by atoms with van der Waals surface area (Å²) in [5.74, 6) is 3.45. The maximum atomic E-state index is 12.0. The van der Waals surface area contributed by atoms with Gasteiger partial charge in [0.25, 0.3) is 0 Å². The summed E-state index contributed by atoms with van der Waals surface area (Å²) in [6, 6.07) is 12.2. The molecule has 0 aromatic heterocycles. The van der Waals surface area contributed by atoms with Crippen LogP contribution in [0.15, 0.2) is 47.5 Å². The molecule has 0 heterocycles. The number of ether oxygens (including phenoxy) is 2. The van der Waals surface area contributed by atoms with Crippen LogP contribution in [0.25, 0.3) is 0 Å². The van der Waals surface area contributed by atoms with Crippen molar-refractivity contribution in [3.63, 3.8) is 0 Å². The van der Waals surface area contributed by atoms with Crippen LogP contribution in [0, 0.1) is 12.3 Å². The quantitative estimate of drug-likeness (QED) is 0.420. The molecule has 26 heavy (non-hydrogen) atoms. The van der Waals surface area contributed by atoms with Gasteiger partial charge < -0.3 is 25.8 Å². The molecule has 0 spiro atoms. The number of anilines is 2. The second kappa shape index (κ2) is 8.99. The summed E-state index contributed by atoms with van der Waals surface area (Å²) in [6.45, 7) is -0.133. The minimum absolute atomic E-state index is 0.102. The third-order valence-corrected chi connectivity index (χ3v) is 3.36. The van der Waals surface area contributed by atoms with Gasteiger partial charge in [-0.25, -0.2) is 4.99 Å². The topological polar surface area (TPSA) is 98.0 Å². The SMILES string of the molecule is C#Cc1cccc(NC(=O)CN=C(N)Nc2ccc(OC)c(OC)c2)c1. The highest BCUT2D eigenvalue weighted by Crippen LogP contribution is 2.29. The highest BCUT2D eigenvalue weighted by Gasteiger charge is 2.06. The average Bonchev–Trinajstić information content (AvgIpc) is 2.66. The van der Waals surface area contributed by atoms with Gasteiger partial charge in [-0.3, -0.25) is 4.79 Å². The van der Waals surface area contributed by atoms with E-state index < -0.39 is 0 Å². The van der Waals surface area contributed by atoms with Gasteiger partial charge in [-0.05, 0) is 30.3 Å². The van der Waals surface area contributed by atoms with Crippen LogP contribution >= 0.6 is 0 Å². The summed E-state index contributed by atoms with van der Waals surface area (Å²) < 4.78 is 10.4. The van der Waals surface area contributed by atoms with Crippen LogP contribution < -0.4 is 25.8 Å². The minimum atomic E-state index is -0.309. The van der Waals surface area contributed by atoms with Crippen molar-refractivity contribution in [2.24, 2.45) is 10.7 Å². The number of amides is 1. The van der Waals surface area contributed by atoms with E-state index in [1.54, 1.807) is 56.7 Å². The van der Waals surface area contributed by atoms with Gasteiger partial charge in [0, 0.05) is 23.0 Å². The molecule has 0 aliphatic rings. The number of aliphatic imine (C=N–C) groups is 1. The zero-order valence-electron chi connectivity index (χ0n) is 14.6. The fourth-order valence-corrected chi connectivity index (χ4v) is 2.15. The monoisotopic (exact) mass is 352 g/mol. The molecule has 0 atom stereocenters. The molecule has 2 rings (SSSR count). The van der Waals surface area contributed by atoms with Crippen LogP contribution in [-0.2, 0) is 4.79 Å². The molecule has 0 saturated carbocycles. The summed E-state index contributed by atoms with van der Waals surface area (Å²) in [7, 11) is 3.09. The van der Waals surface area contributed by atoms with Gasteiger partial charge in [0.2, 0.25) is 5.91 Å². The maximum Gasteiger partial charge on any atom is 0.246 e. The van der Waals surface area contributed by atoms with Crippen LogP contribution in [0.2, 0.25) is 0 Å². The molecule has 7 nitrogen and oxygen atoms in total. The van der Waals surface area contributed by atoms with Crippen molar-refractivity contribution in [1.29, 1.82) is 0 Å². The van der Waals surface area contributed by atoms with Gasteiger partial charge in [0.15, 0.2) is 17.5 Å². The Labute approximate surface area is 152 Å². The average molecular weight is 352 g/mol. The molecule has 0 aliphatic heterocycles. The number of nitrogens with two attached hydrogens (primary N) is 1. The van der Waals surface area contributed by atoms with Crippen LogP contribution in [0.5, 0.6) is 11.5 Å². The van der Waals surface area contributed by atoms with E-state index in [0.29, 0.717) is 28.4 Å². The summed E-state index contributed by atoms with van der Waals surface area (Å²) in [5.41, 5.74) is 7.76. The van der Waals surface area contributed by atoms with E-state index in [-0.39, 0.29) is 18.4 Å². The Morgan fingerprint density at radius 2 is 1.85 bits per heavy atom.